The highest BCUT2D eigenvalue weighted by Crippen LogP contribution is 2.22. The molecular formula is C17H16FN5O2. The molecule has 0 saturated heterocycles. The molecule has 1 aromatic carbocycles. The molecule has 0 spiro atoms. The maximum absolute atomic E-state index is 13.4. The van der Waals surface area contributed by atoms with Crippen LogP contribution in [-0.2, 0) is 19.6 Å². The largest absolute Gasteiger partial charge is 0.338 e. The highest BCUT2D eigenvalue weighted by Gasteiger charge is 2.25. The summed E-state index contributed by atoms with van der Waals surface area (Å²) in [6.07, 6.45) is 0. The molecule has 0 amide bonds. The molecule has 3 aromatic rings. The summed E-state index contributed by atoms with van der Waals surface area (Å²) in [6.45, 7) is 4.92. The van der Waals surface area contributed by atoms with E-state index in [1.165, 1.54) is 6.07 Å². The van der Waals surface area contributed by atoms with Gasteiger partial charge in [0.25, 0.3) is 5.56 Å². The highest BCUT2D eigenvalue weighted by atomic mass is 19.1. The molecule has 0 aliphatic carbocycles. The number of H-pyrrole nitrogens is 1. The Morgan fingerprint density at radius 1 is 1.28 bits per heavy atom. The number of benzene rings is 1. The maximum atomic E-state index is 13.4. The number of rotatable bonds is 3. The number of aryl methyl sites for hydroxylation is 2. The number of fused-ring (bicyclic) bond motifs is 1. The quantitative estimate of drug-likeness (QED) is 0.785. The lowest BCUT2D eigenvalue weighted by atomic mass is 10.1. The minimum atomic E-state index is -0.268. The van der Waals surface area contributed by atoms with E-state index in [9.17, 15) is 9.18 Å². The third-order valence-corrected chi connectivity index (χ3v) is 4.22. The number of hydrogen-bond donors (Lipinski definition) is 1. The van der Waals surface area contributed by atoms with Crippen molar-refractivity contribution in [2.75, 3.05) is 0 Å². The van der Waals surface area contributed by atoms with Crippen molar-refractivity contribution in [1.29, 1.82) is 0 Å². The number of hydrogen-bond acceptors (Lipinski definition) is 6. The molecule has 1 aliphatic heterocycles. The monoisotopic (exact) mass is 341 g/mol. The summed E-state index contributed by atoms with van der Waals surface area (Å²) in [5.74, 6) is 1.20. The second kappa shape index (κ2) is 5.89. The molecule has 8 heteroatoms. The molecule has 0 radical (unpaired) electrons. The minimum Gasteiger partial charge on any atom is -0.338 e. The Labute approximate surface area is 142 Å². The maximum Gasteiger partial charge on any atom is 0.255 e. The summed E-state index contributed by atoms with van der Waals surface area (Å²) in [5.41, 5.74) is 2.60. The van der Waals surface area contributed by atoms with Crippen LogP contribution >= 0.6 is 0 Å². The first-order valence-electron chi connectivity index (χ1n) is 7.90. The number of aromatic amines is 1. The zero-order chi connectivity index (χ0) is 17.6. The molecule has 0 bridgehead atoms. The fraction of sp³-hybridized carbons (Fsp3) is 0.294. The van der Waals surface area contributed by atoms with Gasteiger partial charge in [-0.1, -0.05) is 5.16 Å². The Morgan fingerprint density at radius 2 is 2.12 bits per heavy atom. The highest BCUT2D eigenvalue weighted by molar-refractivity contribution is 5.55. The predicted octanol–water partition coefficient (Wildman–Crippen LogP) is 2.09. The Bertz CT molecular complexity index is 1010. The van der Waals surface area contributed by atoms with Crippen LogP contribution in [0.25, 0.3) is 11.4 Å². The molecule has 1 N–H and O–H groups in total. The van der Waals surface area contributed by atoms with E-state index in [1.54, 1.807) is 26.0 Å². The third-order valence-electron chi connectivity index (χ3n) is 4.22. The van der Waals surface area contributed by atoms with Crippen molar-refractivity contribution in [2.24, 2.45) is 0 Å². The zero-order valence-corrected chi connectivity index (χ0v) is 13.8. The summed E-state index contributed by atoms with van der Waals surface area (Å²) < 4.78 is 18.7. The fourth-order valence-electron chi connectivity index (χ4n) is 2.98. The molecule has 1 aliphatic rings. The van der Waals surface area contributed by atoms with Crippen molar-refractivity contribution >= 4 is 0 Å². The van der Waals surface area contributed by atoms with E-state index in [4.69, 9.17) is 4.52 Å². The molecule has 2 aromatic heterocycles. The van der Waals surface area contributed by atoms with Crippen LogP contribution in [0.3, 0.4) is 0 Å². The van der Waals surface area contributed by atoms with Crippen LogP contribution in [0.5, 0.6) is 0 Å². The Hall–Kier alpha value is -2.87. The van der Waals surface area contributed by atoms with Crippen LogP contribution in [-0.4, -0.2) is 25.0 Å². The van der Waals surface area contributed by atoms with Gasteiger partial charge in [-0.2, -0.15) is 4.98 Å². The first-order valence-corrected chi connectivity index (χ1v) is 7.90. The predicted molar refractivity (Wildman–Crippen MR) is 87.0 cm³/mol. The number of halogens is 1. The smallest absolute Gasteiger partial charge is 0.255 e. The average Bonchev–Trinajstić information content (AvgIpc) is 3.17. The van der Waals surface area contributed by atoms with E-state index >= 15 is 0 Å². The van der Waals surface area contributed by atoms with Gasteiger partial charge >= 0.3 is 0 Å². The SMILES string of the molecule is Cc1nc2c(c(=O)[nH]1)CN(Cc1nc(-c3ccc(F)c(C)c3)no1)C2. The summed E-state index contributed by atoms with van der Waals surface area (Å²) in [6, 6.07) is 4.69. The molecule has 4 rings (SSSR count). The van der Waals surface area contributed by atoms with E-state index < -0.39 is 0 Å². The van der Waals surface area contributed by atoms with Crippen molar-refractivity contribution in [3.05, 3.63) is 62.9 Å². The van der Waals surface area contributed by atoms with Gasteiger partial charge in [-0.25, -0.2) is 9.37 Å². The normalized spacial score (nSPS) is 14.0. The molecule has 0 atom stereocenters. The molecule has 0 fully saturated rings. The Balaban J connectivity index is 1.52. The summed E-state index contributed by atoms with van der Waals surface area (Å²) in [7, 11) is 0. The molecule has 0 unspecified atom stereocenters. The number of nitrogens with zero attached hydrogens (tertiary/aromatic N) is 4. The van der Waals surface area contributed by atoms with Gasteiger partial charge in [0.2, 0.25) is 11.7 Å². The van der Waals surface area contributed by atoms with Gasteiger partial charge in [0.05, 0.1) is 17.8 Å². The van der Waals surface area contributed by atoms with E-state index in [0.717, 1.165) is 5.69 Å². The lowest BCUT2D eigenvalue weighted by Gasteiger charge is -2.10. The summed E-state index contributed by atoms with van der Waals surface area (Å²) >= 11 is 0. The van der Waals surface area contributed by atoms with Crippen LogP contribution in [0.4, 0.5) is 4.39 Å². The topological polar surface area (TPSA) is 87.9 Å². The standard InChI is InChI=1S/C17H16FN5O2/c1-9-5-11(3-4-13(9)18)16-21-15(25-22-16)8-23-6-12-14(7-23)19-10(2)20-17(12)24/h3-5H,6-8H2,1-2H3,(H,19,20,24). The lowest BCUT2D eigenvalue weighted by molar-refractivity contribution is 0.230. The van der Waals surface area contributed by atoms with Gasteiger partial charge in [-0.3, -0.25) is 9.69 Å². The van der Waals surface area contributed by atoms with Crippen molar-refractivity contribution in [3.63, 3.8) is 0 Å². The lowest BCUT2D eigenvalue weighted by Crippen LogP contribution is -2.18. The summed E-state index contributed by atoms with van der Waals surface area (Å²) in [4.78, 5) is 25.4. The van der Waals surface area contributed by atoms with Crippen molar-refractivity contribution in [3.8, 4) is 11.4 Å². The van der Waals surface area contributed by atoms with E-state index in [1.807, 2.05) is 4.90 Å². The van der Waals surface area contributed by atoms with Crippen molar-refractivity contribution < 1.29 is 8.91 Å². The first-order chi connectivity index (χ1) is 12.0. The summed E-state index contributed by atoms with van der Waals surface area (Å²) in [5, 5.41) is 3.96. The van der Waals surface area contributed by atoms with E-state index in [-0.39, 0.29) is 11.4 Å². The molecule has 3 heterocycles. The second-order valence-electron chi connectivity index (χ2n) is 6.20. The van der Waals surface area contributed by atoms with Gasteiger partial charge in [-0.05, 0) is 37.6 Å². The van der Waals surface area contributed by atoms with E-state index in [0.29, 0.717) is 53.9 Å². The van der Waals surface area contributed by atoms with Crippen LogP contribution in [0.15, 0.2) is 27.5 Å². The van der Waals surface area contributed by atoms with E-state index in [2.05, 4.69) is 20.1 Å². The van der Waals surface area contributed by atoms with Crippen LogP contribution < -0.4 is 5.56 Å². The average molecular weight is 341 g/mol. The third kappa shape index (κ3) is 2.96. The van der Waals surface area contributed by atoms with Gasteiger partial charge in [0.15, 0.2) is 0 Å². The molecule has 128 valence electrons. The van der Waals surface area contributed by atoms with Crippen LogP contribution in [0, 0.1) is 19.7 Å². The Kier molecular flexibility index (Phi) is 3.69. The van der Waals surface area contributed by atoms with Gasteiger partial charge < -0.3 is 9.51 Å². The second-order valence-corrected chi connectivity index (χ2v) is 6.20. The number of nitrogens with one attached hydrogen (secondary N) is 1. The fourth-order valence-corrected chi connectivity index (χ4v) is 2.98. The Morgan fingerprint density at radius 3 is 2.92 bits per heavy atom. The zero-order valence-electron chi connectivity index (χ0n) is 13.8. The van der Waals surface area contributed by atoms with Crippen molar-refractivity contribution in [1.82, 2.24) is 25.0 Å². The van der Waals surface area contributed by atoms with Gasteiger partial charge in [0, 0.05) is 18.7 Å². The first kappa shape index (κ1) is 15.6. The molecule has 25 heavy (non-hydrogen) atoms. The minimum absolute atomic E-state index is 0.0991. The molecule has 0 saturated carbocycles. The van der Waals surface area contributed by atoms with Crippen molar-refractivity contribution in [2.45, 2.75) is 33.5 Å². The molecule has 7 nitrogen and oxygen atoms in total. The van der Waals surface area contributed by atoms with Gasteiger partial charge in [0.1, 0.15) is 11.6 Å². The number of aromatic nitrogens is 4. The molecular weight excluding hydrogens is 325 g/mol. The van der Waals surface area contributed by atoms with Gasteiger partial charge in [-0.15, -0.1) is 0 Å². The van der Waals surface area contributed by atoms with Crippen LogP contribution in [0.1, 0.15) is 28.5 Å². The van der Waals surface area contributed by atoms with Crippen LogP contribution in [0.2, 0.25) is 0 Å².